The summed E-state index contributed by atoms with van der Waals surface area (Å²) in [7, 11) is 0. The molecule has 0 aliphatic carbocycles. The zero-order valence-electron chi connectivity index (χ0n) is 11.1. The average molecular weight is 310 g/mol. The van der Waals surface area contributed by atoms with Crippen molar-refractivity contribution in [2.45, 2.75) is 25.8 Å². The molecule has 3 N–H and O–H groups in total. The number of hydrogen-bond acceptors (Lipinski definition) is 4. The molecular formula is C14H16ClN3OS. The molecule has 1 aromatic carbocycles. The Balaban J connectivity index is 1.86. The van der Waals surface area contributed by atoms with Gasteiger partial charge in [0.2, 0.25) is 5.91 Å². The van der Waals surface area contributed by atoms with Gasteiger partial charge in [-0.1, -0.05) is 29.8 Å². The second-order valence-electron chi connectivity index (χ2n) is 4.62. The van der Waals surface area contributed by atoms with Crippen LogP contribution < -0.4 is 11.1 Å². The van der Waals surface area contributed by atoms with Gasteiger partial charge in [0.05, 0.1) is 12.1 Å². The van der Waals surface area contributed by atoms with Gasteiger partial charge in [0.25, 0.3) is 0 Å². The molecule has 0 saturated carbocycles. The molecule has 1 aromatic heterocycles. The molecule has 1 amide bonds. The molecule has 20 heavy (non-hydrogen) atoms. The maximum absolute atomic E-state index is 11.9. The van der Waals surface area contributed by atoms with Crippen LogP contribution in [-0.4, -0.2) is 16.9 Å². The first-order valence-electron chi connectivity index (χ1n) is 6.27. The molecule has 0 bridgehead atoms. The van der Waals surface area contributed by atoms with Crippen molar-refractivity contribution in [1.29, 1.82) is 0 Å². The standard InChI is InChI=1S/C14H16ClN3OS/c1-9(6-10-4-2-3-5-12(10)15)17-13(19)7-11-8-20-14(16)18-11/h2-5,8-9H,6-7H2,1H3,(H2,16,18)(H,17,19). The van der Waals surface area contributed by atoms with Crippen LogP contribution in [0.25, 0.3) is 0 Å². The summed E-state index contributed by atoms with van der Waals surface area (Å²) in [5.41, 5.74) is 7.27. The third-order valence-corrected chi connectivity index (χ3v) is 3.89. The maximum Gasteiger partial charge on any atom is 0.226 e. The third kappa shape index (κ3) is 4.21. The zero-order chi connectivity index (χ0) is 14.5. The van der Waals surface area contributed by atoms with Crippen molar-refractivity contribution in [1.82, 2.24) is 10.3 Å². The number of rotatable bonds is 5. The van der Waals surface area contributed by atoms with Crippen LogP contribution in [0.5, 0.6) is 0 Å². The number of nitrogens with one attached hydrogen (secondary N) is 1. The fourth-order valence-electron chi connectivity index (χ4n) is 1.94. The molecule has 2 rings (SSSR count). The van der Waals surface area contributed by atoms with E-state index in [4.69, 9.17) is 17.3 Å². The molecule has 6 heteroatoms. The minimum absolute atomic E-state index is 0.0124. The van der Waals surface area contributed by atoms with Crippen molar-refractivity contribution in [2.24, 2.45) is 0 Å². The van der Waals surface area contributed by atoms with Crippen LogP contribution in [0.4, 0.5) is 5.13 Å². The summed E-state index contributed by atoms with van der Waals surface area (Å²) >= 11 is 7.44. The van der Waals surface area contributed by atoms with E-state index < -0.39 is 0 Å². The smallest absolute Gasteiger partial charge is 0.226 e. The number of carbonyl (C=O) groups is 1. The Morgan fingerprint density at radius 2 is 2.25 bits per heavy atom. The van der Waals surface area contributed by atoms with Crippen LogP contribution in [0.15, 0.2) is 29.6 Å². The number of nitrogens with zero attached hydrogens (tertiary/aromatic N) is 1. The fraction of sp³-hybridized carbons (Fsp3) is 0.286. The Bertz CT molecular complexity index is 600. The van der Waals surface area contributed by atoms with Crippen LogP contribution in [0.2, 0.25) is 5.02 Å². The van der Waals surface area contributed by atoms with E-state index in [1.807, 2.05) is 31.2 Å². The molecule has 0 spiro atoms. The van der Waals surface area contributed by atoms with E-state index in [2.05, 4.69) is 10.3 Å². The minimum atomic E-state index is -0.0603. The quantitative estimate of drug-likeness (QED) is 0.892. The van der Waals surface area contributed by atoms with E-state index in [1.165, 1.54) is 11.3 Å². The number of aromatic nitrogens is 1. The summed E-state index contributed by atoms with van der Waals surface area (Å²) in [6.07, 6.45) is 0.950. The first kappa shape index (κ1) is 14.8. The van der Waals surface area contributed by atoms with E-state index in [-0.39, 0.29) is 18.4 Å². The molecule has 4 nitrogen and oxygen atoms in total. The van der Waals surface area contributed by atoms with Crippen molar-refractivity contribution >= 4 is 34.0 Å². The van der Waals surface area contributed by atoms with E-state index in [1.54, 1.807) is 5.38 Å². The van der Waals surface area contributed by atoms with Crippen LogP contribution >= 0.6 is 22.9 Å². The van der Waals surface area contributed by atoms with Gasteiger partial charge in [0.15, 0.2) is 5.13 Å². The third-order valence-electron chi connectivity index (χ3n) is 2.80. The summed E-state index contributed by atoms with van der Waals surface area (Å²) in [4.78, 5) is 16.0. The number of anilines is 1. The van der Waals surface area contributed by atoms with Crippen molar-refractivity contribution in [3.8, 4) is 0 Å². The van der Waals surface area contributed by atoms with Gasteiger partial charge in [-0.25, -0.2) is 4.98 Å². The molecule has 106 valence electrons. The molecule has 1 atom stereocenters. The maximum atomic E-state index is 11.9. The number of halogens is 1. The number of thiazole rings is 1. The van der Waals surface area contributed by atoms with E-state index in [9.17, 15) is 4.79 Å². The molecule has 1 heterocycles. The van der Waals surface area contributed by atoms with Gasteiger partial charge in [-0.3, -0.25) is 4.79 Å². The predicted molar refractivity (Wildman–Crippen MR) is 83.0 cm³/mol. The van der Waals surface area contributed by atoms with Crippen molar-refractivity contribution in [2.75, 3.05) is 5.73 Å². The van der Waals surface area contributed by atoms with Gasteiger partial charge >= 0.3 is 0 Å². The summed E-state index contributed by atoms with van der Waals surface area (Å²) < 4.78 is 0. The van der Waals surface area contributed by atoms with E-state index in [0.29, 0.717) is 17.2 Å². The largest absolute Gasteiger partial charge is 0.375 e. The molecule has 0 fully saturated rings. The van der Waals surface area contributed by atoms with Crippen molar-refractivity contribution in [3.63, 3.8) is 0 Å². The second-order valence-corrected chi connectivity index (χ2v) is 5.91. The zero-order valence-corrected chi connectivity index (χ0v) is 12.7. The number of amides is 1. The highest BCUT2D eigenvalue weighted by Crippen LogP contribution is 2.16. The first-order chi connectivity index (χ1) is 9.54. The lowest BCUT2D eigenvalue weighted by atomic mass is 10.1. The molecule has 0 saturated heterocycles. The Kier molecular flexibility index (Phi) is 4.98. The molecule has 2 aromatic rings. The van der Waals surface area contributed by atoms with Crippen LogP contribution in [0, 0.1) is 0 Å². The van der Waals surface area contributed by atoms with E-state index >= 15 is 0 Å². The van der Waals surface area contributed by atoms with Gasteiger partial charge < -0.3 is 11.1 Å². The highest BCUT2D eigenvalue weighted by Gasteiger charge is 2.11. The fourth-order valence-corrected chi connectivity index (χ4v) is 2.71. The Hall–Kier alpha value is -1.59. The average Bonchev–Trinajstić information content (AvgIpc) is 2.77. The Morgan fingerprint density at radius 3 is 2.90 bits per heavy atom. The number of nitrogen functional groups attached to an aromatic ring is 1. The van der Waals surface area contributed by atoms with Gasteiger partial charge in [-0.2, -0.15) is 0 Å². The lowest BCUT2D eigenvalue weighted by Crippen LogP contribution is -2.35. The topological polar surface area (TPSA) is 68.0 Å². The highest BCUT2D eigenvalue weighted by atomic mass is 35.5. The molecule has 0 aliphatic heterocycles. The lowest BCUT2D eigenvalue weighted by molar-refractivity contribution is -0.121. The van der Waals surface area contributed by atoms with Crippen molar-refractivity contribution < 1.29 is 4.79 Å². The highest BCUT2D eigenvalue weighted by molar-refractivity contribution is 7.13. The summed E-state index contributed by atoms with van der Waals surface area (Å²) in [5, 5.41) is 5.95. The number of carbonyl (C=O) groups excluding carboxylic acids is 1. The number of benzene rings is 1. The molecule has 0 radical (unpaired) electrons. The molecular weight excluding hydrogens is 294 g/mol. The minimum Gasteiger partial charge on any atom is -0.375 e. The molecule has 0 aliphatic rings. The second kappa shape index (κ2) is 6.72. The number of nitrogens with two attached hydrogens (primary N) is 1. The van der Waals surface area contributed by atoms with Crippen LogP contribution in [0.3, 0.4) is 0 Å². The van der Waals surface area contributed by atoms with Gasteiger partial charge in [-0.05, 0) is 25.0 Å². The van der Waals surface area contributed by atoms with Crippen LogP contribution in [0.1, 0.15) is 18.2 Å². The van der Waals surface area contributed by atoms with E-state index in [0.717, 1.165) is 10.6 Å². The lowest BCUT2D eigenvalue weighted by Gasteiger charge is -2.14. The summed E-state index contributed by atoms with van der Waals surface area (Å²) in [5.74, 6) is -0.0603. The van der Waals surface area contributed by atoms with Gasteiger partial charge in [0.1, 0.15) is 0 Å². The summed E-state index contributed by atoms with van der Waals surface area (Å²) in [6, 6.07) is 7.66. The van der Waals surface area contributed by atoms with Crippen LogP contribution in [-0.2, 0) is 17.6 Å². The summed E-state index contributed by atoms with van der Waals surface area (Å²) in [6.45, 7) is 1.95. The Morgan fingerprint density at radius 1 is 1.50 bits per heavy atom. The first-order valence-corrected chi connectivity index (χ1v) is 7.53. The molecule has 1 unspecified atom stereocenters. The number of hydrogen-bond donors (Lipinski definition) is 2. The monoisotopic (exact) mass is 309 g/mol. The van der Waals surface area contributed by atoms with Crippen molar-refractivity contribution in [3.05, 3.63) is 45.9 Å². The Labute approximate surface area is 127 Å². The SMILES string of the molecule is CC(Cc1ccccc1Cl)NC(=O)Cc1csc(N)n1. The van der Waals surface area contributed by atoms with Gasteiger partial charge in [-0.15, -0.1) is 11.3 Å². The van der Waals surface area contributed by atoms with Gasteiger partial charge in [0, 0.05) is 16.4 Å². The normalized spacial score (nSPS) is 12.1. The predicted octanol–water partition coefficient (Wildman–Crippen LogP) is 2.67.